The molecule has 0 aromatic heterocycles. The Bertz CT molecular complexity index is 195. The van der Waals surface area contributed by atoms with E-state index in [1.54, 1.807) is 0 Å². The molecule has 1 saturated heterocycles. The smallest absolute Gasteiger partial charge is 0.251 e. The number of carbonyl (C=O) groups is 1. The summed E-state index contributed by atoms with van der Waals surface area (Å²) in [6.07, 6.45) is 4.21. The monoisotopic (exact) mass is 183 g/mol. The number of hydrogen-bond acceptors (Lipinski definition) is 2. The summed E-state index contributed by atoms with van der Waals surface area (Å²) < 4.78 is 5.38. The van der Waals surface area contributed by atoms with Crippen molar-refractivity contribution in [3.8, 4) is 0 Å². The number of rotatable bonds is 3. The molecule has 1 aliphatic heterocycles. The van der Waals surface area contributed by atoms with E-state index < -0.39 is 0 Å². The van der Waals surface area contributed by atoms with Gasteiger partial charge in [-0.05, 0) is 32.6 Å². The number of ether oxygens (including phenoxy) is 1. The topological polar surface area (TPSA) is 29.5 Å². The minimum absolute atomic E-state index is 0.124. The van der Waals surface area contributed by atoms with Crippen molar-refractivity contribution in [3.63, 3.8) is 0 Å². The Morgan fingerprint density at radius 3 is 2.69 bits per heavy atom. The van der Waals surface area contributed by atoms with Crippen molar-refractivity contribution in [1.82, 2.24) is 4.90 Å². The minimum atomic E-state index is -0.124. The maximum atomic E-state index is 11.9. The molecule has 74 valence electrons. The van der Waals surface area contributed by atoms with E-state index in [4.69, 9.17) is 4.74 Å². The summed E-state index contributed by atoms with van der Waals surface area (Å²) in [6, 6.07) is 0.529. The highest BCUT2D eigenvalue weighted by molar-refractivity contribution is 5.81. The summed E-state index contributed by atoms with van der Waals surface area (Å²) in [4.78, 5) is 13.8. The third kappa shape index (κ3) is 1.85. The lowest BCUT2D eigenvalue weighted by Gasteiger charge is -2.23. The van der Waals surface area contributed by atoms with Gasteiger partial charge in [-0.2, -0.15) is 0 Å². The maximum absolute atomic E-state index is 11.9. The fourth-order valence-corrected chi connectivity index (χ4v) is 1.94. The van der Waals surface area contributed by atoms with Crippen molar-refractivity contribution in [1.29, 1.82) is 0 Å². The van der Waals surface area contributed by atoms with E-state index in [1.807, 2.05) is 11.8 Å². The van der Waals surface area contributed by atoms with Crippen LogP contribution in [0.5, 0.6) is 0 Å². The van der Waals surface area contributed by atoms with Gasteiger partial charge in [0.1, 0.15) is 6.10 Å². The molecule has 2 aliphatic rings. The second-order valence-electron chi connectivity index (χ2n) is 3.86. The number of amides is 1. The summed E-state index contributed by atoms with van der Waals surface area (Å²) in [7, 11) is 0. The molecule has 1 atom stereocenters. The maximum Gasteiger partial charge on any atom is 0.251 e. The van der Waals surface area contributed by atoms with Gasteiger partial charge in [0.2, 0.25) is 0 Å². The van der Waals surface area contributed by atoms with E-state index in [1.165, 1.54) is 12.8 Å². The lowest BCUT2D eigenvalue weighted by atomic mass is 10.2. The summed E-state index contributed by atoms with van der Waals surface area (Å²) in [5.74, 6) is 0.225. The Balaban J connectivity index is 1.92. The van der Waals surface area contributed by atoms with Crippen molar-refractivity contribution in [2.45, 2.75) is 44.8 Å². The molecule has 1 unspecified atom stereocenters. The van der Waals surface area contributed by atoms with Crippen LogP contribution in [-0.4, -0.2) is 36.1 Å². The van der Waals surface area contributed by atoms with E-state index in [-0.39, 0.29) is 12.0 Å². The molecule has 1 amide bonds. The number of nitrogens with zero attached hydrogens (tertiary/aromatic N) is 1. The summed E-state index contributed by atoms with van der Waals surface area (Å²) in [6.45, 7) is 3.65. The predicted octanol–water partition coefficient (Wildman–Crippen LogP) is 1.18. The van der Waals surface area contributed by atoms with E-state index in [9.17, 15) is 4.79 Å². The van der Waals surface area contributed by atoms with Crippen LogP contribution in [0.1, 0.15) is 32.6 Å². The van der Waals surface area contributed by atoms with Crippen LogP contribution in [0, 0.1) is 0 Å². The Labute approximate surface area is 79.0 Å². The zero-order chi connectivity index (χ0) is 9.26. The van der Waals surface area contributed by atoms with Crippen LogP contribution in [0.25, 0.3) is 0 Å². The molecule has 1 aliphatic carbocycles. The van der Waals surface area contributed by atoms with E-state index in [0.29, 0.717) is 6.04 Å². The zero-order valence-electron chi connectivity index (χ0n) is 8.16. The molecule has 0 N–H and O–H groups in total. The standard InChI is InChI=1S/C10H17NO2/c1-2-11(8-5-6-8)10(12)9-4-3-7-13-9/h8-9H,2-7H2,1H3. The van der Waals surface area contributed by atoms with E-state index in [0.717, 1.165) is 26.0 Å². The van der Waals surface area contributed by atoms with Gasteiger partial charge in [-0.25, -0.2) is 0 Å². The van der Waals surface area contributed by atoms with Gasteiger partial charge in [-0.15, -0.1) is 0 Å². The third-order valence-electron chi connectivity index (χ3n) is 2.82. The average molecular weight is 183 g/mol. The van der Waals surface area contributed by atoms with Gasteiger partial charge >= 0.3 is 0 Å². The van der Waals surface area contributed by atoms with Crippen molar-refractivity contribution >= 4 is 5.91 Å². The van der Waals surface area contributed by atoms with Gasteiger partial charge in [0.05, 0.1) is 0 Å². The third-order valence-corrected chi connectivity index (χ3v) is 2.82. The molecule has 3 nitrogen and oxygen atoms in total. The molecule has 0 radical (unpaired) electrons. The predicted molar refractivity (Wildman–Crippen MR) is 49.4 cm³/mol. The number of hydrogen-bond donors (Lipinski definition) is 0. The highest BCUT2D eigenvalue weighted by Crippen LogP contribution is 2.28. The highest BCUT2D eigenvalue weighted by atomic mass is 16.5. The molecule has 0 aromatic carbocycles. The Morgan fingerprint density at radius 2 is 2.23 bits per heavy atom. The van der Waals surface area contributed by atoms with Gasteiger partial charge in [0.15, 0.2) is 0 Å². The lowest BCUT2D eigenvalue weighted by molar-refractivity contribution is -0.141. The number of likely N-dealkylation sites (N-methyl/N-ethyl adjacent to an activating group) is 1. The van der Waals surface area contributed by atoms with Crippen LogP contribution >= 0.6 is 0 Å². The normalized spacial score (nSPS) is 27.6. The van der Waals surface area contributed by atoms with Crippen LogP contribution in [0.3, 0.4) is 0 Å². The lowest BCUT2D eigenvalue weighted by Crippen LogP contribution is -2.40. The highest BCUT2D eigenvalue weighted by Gasteiger charge is 2.36. The average Bonchev–Trinajstić information content (AvgIpc) is 2.83. The largest absolute Gasteiger partial charge is 0.368 e. The van der Waals surface area contributed by atoms with Gasteiger partial charge in [0, 0.05) is 19.2 Å². The van der Waals surface area contributed by atoms with Gasteiger partial charge in [-0.1, -0.05) is 0 Å². The summed E-state index contributed by atoms with van der Waals surface area (Å²) in [5.41, 5.74) is 0. The fraction of sp³-hybridized carbons (Fsp3) is 0.900. The van der Waals surface area contributed by atoms with Gasteiger partial charge in [-0.3, -0.25) is 4.79 Å². The van der Waals surface area contributed by atoms with Crippen molar-refractivity contribution < 1.29 is 9.53 Å². The minimum Gasteiger partial charge on any atom is -0.368 e. The first-order chi connectivity index (χ1) is 6.33. The fourth-order valence-electron chi connectivity index (χ4n) is 1.94. The van der Waals surface area contributed by atoms with E-state index >= 15 is 0 Å². The second kappa shape index (κ2) is 3.66. The molecular weight excluding hydrogens is 166 g/mol. The van der Waals surface area contributed by atoms with Gasteiger partial charge < -0.3 is 9.64 Å². The molecule has 1 saturated carbocycles. The van der Waals surface area contributed by atoms with E-state index in [2.05, 4.69) is 0 Å². The molecule has 1 heterocycles. The Morgan fingerprint density at radius 1 is 1.46 bits per heavy atom. The molecule has 0 spiro atoms. The van der Waals surface area contributed by atoms with Crippen LogP contribution in [0.15, 0.2) is 0 Å². The number of carbonyl (C=O) groups excluding carboxylic acids is 1. The Kier molecular flexibility index (Phi) is 2.54. The zero-order valence-corrected chi connectivity index (χ0v) is 8.16. The van der Waals surface area contributed by atoms with Crippen LogP contribution in [-0.2, 0) is 9.53 Å². The molecular formula is C10H17NO2. The summed E-state index contributed by atoms with van der Waals surface area (Å²) in [5, 5.41) is 0. The molecule has 0 bridgehead atoms. The Hall–Kier alpha value is -0.570. The second-order valence-corrected chi connectivity index (χ2v) is 3.86. The van der Waals surface area contributed by atoms with Gasteiger partial charge in [0.25, 0.3) is 5.91 Å². The molecule has 0 aromatic rings. The molecule has 2 rings (SSSR count). The SMILES string of the molecule is CCN(C(=O)C1CCCO1)C1CC1. The molecule has 2 fully saturated rings. The van der Waals surface area contributed by atoms with Crippen molar-refractivity contribution in [3.05, 3.63) is 0 Å². The molecule has 3 heteroatoms. The summed E-state index contributed by atoms with van der Waals surface area (Å²) >= 11 is 0. The van der Waals surface area contributed by atoms with Crippen LogP contribution < -0.4 is 0 Å². The quantitative estimate of drug-likeness (QED) is 0.657. The van der Waals surface area contributed by atoms with Crippen molar-refractivity contribution in [2.24, 2.45) is 0 Å². The molecule has 13 heavy (non-hydrogen) atoms. The first-order valence-corrected chi connectivity index (χ1v) is 5.25. The van der Waals surface area contributed by atoms with Crippen molar-refractivity contribution in [2.75, 3.05) is 13.2 Å². The first kappa shape index (κ1) is 9.00. The first-order valence-electron chi connectivity index (χ1n) is 5.25. The van der Waals surface area contributed by atoms with Crippen LogP contribution in [0.2, 0.25) is 0 Å². The van der Waals surface area contributed by atoms with Crippen LogP contribution in [0.4, 0.5) is 0 Å².